The van der Waals surface area contributed by atoms with E-state index in [0.717, 1.165) is 8.66 Å². The molecular formula is C13H15BrN2O3S. The minimum atomic E-state index is -0.464. The van der Waals surface area contributed by atoms with Gasteiger partial charge in [-0.2, -0.15) is 0 Å². The lowest BCUT2D eigenvalue weighted by Gasteiger charge is -2.32. The highest BCUT2D eigenvalue weighted by molar-refractivity contribution is 9.11. The Bertz CT molecular complexity index is 582. The number of esters is 1. The van der Waals surface area contributed by atoms with Crippen molar-refractivity contribution in [1.29, 1.82) is 0 Å². The number of urea groups is 1. The summed E-state index contributed by atoms with van der Waals surface area (Å²) in [6.45, 7) is 3.81. The molecule has 0 aromatic carbocycles. The van der Waals surface area contributed by atoms with Crippen LogP contribution < -0.4 is 5.32 Å². The molecule has 1 aromatic rings. The van der Waals surface area contributed by atoms with Gasteiger partial charge in [-0.25, -0.2) is 9.59 Å². The molecule has 0 spiro atoms. The summed E-state index contributed by atoms with van der Waals surface area (Å²) in [6, 6.07) is 3.08. The van der Waals surface area contributed by atoms with E-state index in [1.165, 1.54) is 16.2 Å². The van der Waals surface area contributed by atoms with Gasteiger partial charge in [-0.1, -0.05) is 0 Å². The van der Waals surface area contributed by atoms with E-state index >= 15 is 0 Å². The van der Waals surface area contributed by atoms with Crippen LogP contribution >= 0.6 is 27.3 Å². The Morgan fingerprint density at radius 1 is 1.55 bits per heavy atom. The zero-order valence-corrected chi connectivity index (χ0v) is 13.8. The number of hydrogen-bond donors (Lipinski definition) is 1. The second-order valence-corrected chi connectivity index (χ2v) is 6.80. The third kappa shape index (κ3) is 2.73. The number of amides is 2. The van der Waals surface area contributed by atoms with Crippen LogP contribution in [0.25, 0.3) is 0 Å². The van der Waals surface area contributed by atoms with Crippen LogP contribution in [0.2, 0.25) is 0 Å². The minimum absolute atomic E-state index is 0.231. The molecule has 1 unspecified atom stereocenters. The summed E-state index contributed by atoms with van der Waals surface area (Å²) in [7, 11) is 1.63. The Morgan fingerprint density at radius 3 is 2.80 bits per heavy atom. The highest BCUT2D eigenvalue weighted by atomic mass is 79.9. The van der Waals surface area contributed by atoms with Crippen LogP contribution in [0.3, 0.4) is 0 Å². The Balaban J connectivity index is 2.47. The van der Waals surface area contributed by atoms with Crippen molar-refractivity contribution >= 4 is 39.3 Å². The molecule has 1 aromatic heterocycles. The molecule has 0 radical (unpaired) electrons. The number of hydrogen-bond acceptors (Lipinski definition) is 4. The largest absolute Gasteiger partial charge is 0.463 e. The predicted molar refractivity (Wildman–Crippen MR) is 80.4 cm³/mol. The smallest absolute Gasteiger partial charge is 0.338 e. The van der Waals surface area contributed by atoms with Gasteiger partial charge in [-0.3, -0.25) is 0 Å². The number of nitrogens with zero attached hydrogens (tertiary/aromatic N) is 1. The summed E-state index contributed by atoms with van der Waals surface area (Å²) in [4.78, 5) is 26.4. The average molecular weight is 359 g/mol. The molecule has 0 saturated heterocycles. The van der Waals surface area contributed by atoms with Gasteiger partial charge in [-0.15, -0.1) is 11.3 Å². The number of carbonyl (C=O) groups excluding carboxylic acids is 2. The van der Waals surface area contributed by atoms with Crippen molar-refractivity contribution < 1.29 is 14.3 Å². The van der Waals surface area contributed by atoms with E-state index in [1.54, 1.807) is 20.9 Å². The summed E-state index contributed by atoms with van der Waals surface area (Å²) in [6.07, 6.45) is 0. The number of ether oxygens (including phenoxy) is 1. The molecule has 1 aliphatic heterocycles. The van der Waals surface area contributed by atoms with Crippen molar-refractivity contribution in [2.75, 3.05) is 13.7 Å². The van der Waals surface area contributed by atoms with Gasteiger partial charge in [0.15, 0.2) is 0 Å². The molecule has 0 fully saturated rings. The molecule has 0 aliphatic carbocycles. The second-order valence-electron chi connectivity index (χ2n) is 4.30. The van der Waals surface area contributed by atoms with E-state index in [1.807, 2.05) is 12.1 Å². The summed E-state index contributed by atoms with van der Waals surface area (Å²) in [5.74, 6) is -0.397. The minimum Gasteiger partial charge on any atom is -0.463 e. The first-order valence-corrected chi connectivity index (χ1v) is 7.74. The zero-order valence-electron chi connectivity index (χ0n) is 11.4. The zero-order chi connectivity index (χ0) is 14.9. The maximum absolute atomic E-state index is 12.2. The Morgan fingerprint density at radius 2 is 2.25 bits per heavy atom. The fourth-order valence-corrected chi connectivity index (χ4v) is 3.49. The van der Waals surface area contributed by atoms with Crippen LogP contribution in [0, 0.1) is 0 Å². The summed E-state index contributed by atoms with van der Waals surface area (Å²) in [5.41, 5.74) is 1.09. The van der Waals surface area contributed by atoms with E-state index in [0.29, 0.717) is 17.9 Å². The first kappa shape index (κ1) is 15.1. The van der Waals surface area contributed by atoms with E-state index in [-0.39, 0.29) is 6.03 Å². The van der Waals surface area contributed by atoms with Crippen molar-refractivity contribution in [3.8, 4) is 0 Å². The van der Waals surface area contributed by atoms with E-state index in [4.69, 9.17) is 4.74 Å². The van der Waals surface area contributed by atoms with Crippen molar-refractivity contribution in [3.05, 3.63) is 32.1 Å². The highest BCUT2D eigenvalue weighted by Gasteiger charge is 2.35. The number of rotatable bonds is 3. The van der Waals surface area contributed by atoms with Gasteiger partial charge in [0.05, 0.1) is 22.0 Å². The van der Waals surface area contributed by atoms with Crippen LogP contribution in [-0.4, -0.2) is 30.6 Å². The van der Waals surface area contributed by atoms with Gasteiger partial charge in [0.2, 0.25) is 0 Å². The van der Waals surface area contributed by atoms with E-state index in [2.05, 4.69) is 21.2 Å². The number of halogens is 1. The van der Waals surface area contributed by atoms with Crippen molar-refractivity contribution in [2.24, 2.45) is 0 Å². The number of allylic oxidation sites excluding steroid dienone is 1. The topological polar surface area (TPSA) is 58.6 Å². The van der Waals surface area contributed by atoms with Crippen molar-refractivity contribution in [3.63, 3.8) is 0 Å². The van der Waals surface area contributed by atoms with Crippen LogP contribution in [0.1, 0.15) is 24.8 Å². The highest BCUT2D eigenvalue weighted by Crippen LogP contribution is 2.35. The average Bonchev–Trinajstić information content (AvgIpc) is 2.82. The van der Waals surface area contributed by atoms with Crippen LogP contribution in [0.15, 0.2) is 27.2 Å². The first-order chi connectivity index (χ1) is 9.45. The van der Waals surface area contributed by atoms with Gasteiger partial charge in [-0.05, 0) is 41.9 Å². The monoisotopic (exact) mass is 358 g/mol. The number of thiophene rings is 1. The molecule has 1 atom stereocenters. The summed E-state index contributed by atoms with van der Waals surface area (Å²) in [5, 5.41) is 2.83. The third-order valence-corrected chi connectivity index (χ3v) is 4.82. The molecule has 20 heavy (non-hydrogen) atoms. The Hall–Kier alpha value is -1.34. The number of carbonyl (C=O) groups is 2. The Labute approximate surface area is 129 Å². The summed E-state index contributed by atoms with van der Waals surface area (Å²) >= 11 is 4.87. The van der Waals surface area contributed by atoms with Gasteiger partial charge in [0, 0.05) is 17.6 Å². The maximum atomic E-state index is 12.2. The molecule has 1 N–H and O–H groups in total. The van der Waals surface area contributed by atoms with E-state index < -0.39 is 12.0 Å². The van der Waals surface area contributed by atoms with E-state index in [9.17, 15) is 9.59 Å². The maximum Gasteiger partial charge on any atom is 0.338 e. The van der Waals surface area contributed by atoms with Crippen molar-refractivity contribution in [1.82, 2.24) is 10.2 Å². The molecular weight excluding hydrogens is 344 g/mol. The fourth-order valence-electron chi connectivity index (χ4n) is 2.01. The summed E-state index contributed by atoms with van der Waals surface area (Å²) < 4.78 is 6.06. The second kappa shape index (κ2) is 5.97. The van der Waals surface area contributed by atoms with Gasteiger partial charge < -0.3 is 15.0 Å². The van der Waals surface area contributed by atoms with Gasteiger partial charge in [0.1, 0.15) is 0 Å². The standard InChI is InChI=1S/C13H15BrN2O3S/c1-4-19-12(17)10-7(2)16(3)13(18)15-11(10)8-5-6-9(14)20-8/h5-6,11H,4H2,1-3H3,(H,15,18). The predicted octanol–water partition coefficient (Wildman–Crippen LogP) is 3.04. The molecule has 1 aliphatic rings. The molecule has 0 bridgehead atoms. The third-order valence-electron chi connectivity index (χ3n) is 3.13. The molecule has 2 heterocycles. The molecule has 5 nitrogen and oxygen atoms in total. The molecule has 2 amide bonds. The fraction of sp³-hybridized carbons (Fsp3) is 0.385. The molecule has 108 valence electrons. The van der Waals surface area contributed by atoms with Crippen LogP contribution in [0.5, 0.6) is 0 Å². The van der Waals surface area contributed by atoms with Crippen LogP contribution in [0.4, 0.5) is 4.79 Å². The lowest BCUT2D eigenvalue weighted by molar-refractivity contribution is -0.139. The Kier molecular flexibility index (Phi) is 4.49. The first-order valence-electron chi connectivity index (χ1n) is 6.13. The molecule has 7 heteroatoms. The van der Waals surface area contributed by atoms with Crippen molar-refractivity contribution in [2.45, 2.75) is 19.9 Å². The van der Waals surface area contributed by atoms with Crippen LogP contribution in [-0.2, 0) is 9.53 Å². The van der Waals surface area contributed by atoms with Gasteiger partial charge in [0.25, 0.3) is 0 Å². The SMILES string of the molecule is CCOC(=O)C1=C(C)N(C)C(=O)NC1c1ccc(Br)s1. The lowest BCUT2D eigenvalue weighted by atomic mass is 10.0. The molecule has 2 rings (SSSR count). The quantitative estimate of drug-likeness (QED) is 0.844. The lowest BCUT2D eigenvalue weighted by Crippen LogP contribution is -2.46. The normalized spacial score (nSPS) is 19.1. The molecule has 0 saturated carbocycles. The van der Waals surface area contributed by atoms with Gasteiger partial charge >= 0.3 is 12.0 Å². The number of nitrogens with one attached hydrogen (secondary N) is 1.